The second kappa shape index (κ2) is 7.06. The zero-order chi connectivity index (χ0) is 21.7. The third-order valence-electron chi connectivity index (χ3n) is 6.63. The molecule has 0 amide bonds. The Bertz CT molecular complexity index is 917. The monoisotopic (exact) mass is 409 g/mol. The van der Waals surface area contributed by atoms with Crippen LogP contribution in [-0.4, -0.2) is 44.4 Å². The fourth-order valence-corrected chi connectivity index (χ4v) is 4.79. The van der Waals surface area contributed by atoms with Gasteiger partial charge in [-0.1, -0.05) is 20.8 Å². The molecular formula is C21H31NO5S. The van der Waals surface area contributed by atoms with Crippen molar-refractivity contribution in [2.75, 3.05) is 21.1 Å². The number of carbonyl (C=O) groups excluding carboxylic acids is 1. The number of benzene rings is 1. The Hall–Kier alpha value is -1.54. The van der Waals surface area contributed by atoms with E-state index in [2.05, 4.69) is 73.1 Å². The second-order valence-electron chi connectivity index (χ2n) is 9.56. The van der Waals surface area contributed by atoms with Crippen LogP contribution in [-0.2, 0) is 15.2 Å². The molecule has 156 valence electrons. The predicted molar refractivity (Wildman–Crippen MR) is 111 cm³/mol. The topological polar surface area (TPSA) is 94.5 Å². The molecule has 1 aromatic carbocycles. The highest BCUT2D eigenvalue weighted by molar-refractivity contribution is 7.79. The molecule has 0 aliphatic heterocycles. The van der Waals surface area contributed by atoms with Crippen molar-refractivity contribution in [1.29, 1.82) is 0 Å². The number of allylic oxidation sites excluding steroid dienone is 1. The van der Waals surface area contributed by atoms with Crippen molar-refractivity contribution in [2.24, 2.45) is 16.7 Å². The summed E-state index contributed by atoms with van der Waals surface area (Å²) < 4.78 is 33.6. The van der Waals surface area contributed by atoms with Crippen LogP contribution in [0.1, 0.15) is 44.7 Å². The number of fused-ring (bicyclic) bond motifs is 2. The number of aryl methyl sites for hydroxylation is 1. The van der Waals surface area contributed by atoms with Crippen LogP contribution in [0.4, 0.5) is 5.69 Å². The maximum absolute atomic E-state index is 12.9. The number of hydrogen-bond acceptors (Lipinski definition) is 4. The summed E-state index contributed by atoms with van der Waals surface area (Å²) >= 11 is 0. The van der Waals surface area contributed by atoms with E-state index in [1.807, 2.05) is 0 Å². The molecule has 2 atom stereocenters. The number of hydrogen-bond donors (Lipinski definition) is 1. The smallest absolute Gasteiger partial charge is 0.215 e. The Balaban J connectivity index is 0.000000500. The molecule has 2 aliphatic rings. The SMILES string of the molecule is Cc1cc(/C=C2\C(=O)C3(C)CCC2C3(C)C)ccc1[N+](C)(C)C.O=S(=O)([O-])O. The van der Waals surface area contributed by atoms with Gasteiger partial charge in [0.1, 0.15) is 5.69 Å². The van der Waals surface area contributed by atoms with Gasteiger partial charge in [-0.3, -0.25) is 13.8 Å². The van der Waals surface area contributed by atoms with Gasteiger partial charge in [-0.05, 0) is 66.5 Å². The zero-order valence-electron chi connectivity index (χ0n) is 17.7. The first-order valence-electron chi connectivity index (χ1n) is 9.36. The number of rotatable bonds is 2. The van der Waals surface area contributed by atoms with Gasteiger partial charge in [0.05, 0.1) is 21.1 Å². The van der Waals surface area contributed by atoms with Gasteiger partial charge in [-0.25, -0.2) is 8.42 Å². The van der Waals surface area contributed by atoms with Gasteiger partial charge in [-0.15, -0.1) is 0 Å². The van der Waals surface area contributed by atoms with E-state index in [9.17, 15) is 4.79 Å². The van der Waals surface area contributed by atoms with Crippen molar-refractivity contribution in [3.8, 4) is 0 Å². The van der Waals surface area contributed by atoms with E-state index in [-0.39, 0.29) is 10.8 Å². The van der Waals surface area contributed by atoms with Crippen LogP contribution in [0.5, 0.6) is 0 Å². The molecule has 0 heterocycles. The van der Waals surface area contributed by atoms with Crippen molar-refractivity contribution in [3.63, 3.8) is 0 Å². The number of quaternary nitrogens is 1. The fourth-order valence-electron chi connectivity index (χ4n) is 4.79. The van der Waals surface area contributed by atoms with Gasteiger partial charge in [0.25, 0.3) is 0 Å². The molecule has 1 N–H and O–H groups in total. The number of Topliss-reactive ketones (excluding diaryl/α,β-unsaturated/α-hetero) is 1. The molecule has 1 aromatic rings. The average molecular weight is 410 g/mol. The molecule has 6 nitrogen and oxygen atoms in total. The van der Waals surface area contributed by atoms with E-state index in [1.54, 1.807) is 0 Å². The normalized spacial score (nSPS) is 27.7. The summed E-state index contributed by atoms with van der Waals surface area (Å²) in [5.41, 5.74) is 4.75. The molecule has 0 aromatic heterocycles. The number of ketones is 1. The predicted octanol–water partition coefficient (Wildman–Crippen LogP) is 3.60. The Morgan fingerprint density at radius 3 is 2.14 bits per heavy atom. The summed E-state index contributed by atoms with van der Waals surface area (Å²) in [7, 11) is 1.63. The molecule has 2 saturated carbocycles. The highest BCUT2D eigenvalue weighted by atomic mass is 32.3. The van der Waals surface area contributed by atoms with Gasteiger partial charge in [0.15, 0.2) is 5.78 Å². The Morgan fingerprint density at radius 2 is 1.75 bits per heavy atom. The standard InChI is InChI=1S/C21H30NO.H2O4S/c1-14-12-15(8-9-18(14)22(5,6)7)13-16-17-10-11-21(4,19(16)23)20(17,2)3;1-5(2,3)4/h8-9,12-13,17H,10-11H2,1-7H3;(H2,1,2,3,4)/q+1;/p-1/b16-13-;. The fraction of sp³-hybridized carbons (Fsp3) is 0.571. The van der Waals surface area contributed by atoms with Crippen LogP contribution < -0.4 is 4.48 Å². The van der Waals surface area contributed by atoms with Gasteiger partial charge in [0, 0.05) is 11.0 Å². The van der Waals surface area contributed by atoms with Crippen molar-refractivity contribution in [2.45, 2.75) is 40.5 Å². The van der Waals surface area contributed by atoms with Gasteiger partial charge in [0.2, 0.25) is 10.4 Å². The molecular weight excluding hydrogens is 378 g/mol. The average Bonchev–Trinajstić information content (AvgIpc) is 2.78. The molecule has 2 bridgehead atoms. The Morgan fingerprint density at radius 1 is 1.21 bits per heavy atom. The molecule has 0 radical (unpaired) electrons. The molecule has 2 fully saturated rings. The van der Waals surface area contributed by atoms with Gasteiger partial charge in [-0.2, -0.15) is 0 Å². The molecule has 28 heavy (non-hydrogen) atoms. The zero-order valence-corrected chi connectivity index (χ0v) is 18.6. The number of carbonyl (C=O) groups is 1. The number of nitrogens with zero attached hydrogens (tertiary/aromatic N) is 1. The van der Waals surface area contributed by atoms with Gasteiger partial charge < -0.3 is 4.55 Å². The lowest BCUT2D eigenvalue weighted by atomic mass is 9.70. The van der Waals surface area contributed by atoms with Crippen LogP contribution in [0.25, 0.3) is 6.08 Å². The molecule has 0 spiro atoms. The summed E-state index contributed by atoms with van der Waals surface area (Å²) in [6, 6.07) is 6.58. The molecule has 2 aliphatic carbocycles. The first-order chi connectivity index (χ1) is 12.5. The highest BCUT2D eigenvalue weighted by Gasteiger charge is 2.63. The molecule has 3 rings (SSSR count). The van der Waals surface area contributed by atoms with Crippen molar-refractivity contribution in [3.05, 3.63) is 34.9 Å². The second-order valence-corrected chi connectivity index (χ2v) is 10.4. The van der Waals surface area contributed by atoms with E-state index >= 15 is 0 Å². The van der Waals surface area contributed by atoms with E-state index in [4.69, 9.17) is 17.5 Å². The summed E-state index contributed by atoms with van der Waals surface area (Å²) in [5, 5.41) is 0. The first-order valence-corrected chi connectivity index (χ1v) is 10.7. The van der Waals surface area contributed by atoms with Crippen LogP contribution in [0.2, 0.25) is 0 Å². The molecule has 7 heteroatoms. The van der Waals surface area contributed by atoms with Crippen molar-refractivity contribution < 1.29 is 22.3 Å². The van der Waals surface area contributed by atoms with Gasteiger partial charge >= 0.3 is 0 Å². The van der Waals surface area contributed by atoms with E-state index in [0.717, 1.165) is 28.5 Å². The maximum Gasteiger partial charge on any atom is 0.215 e. The van der Waals surface area contributed by atoms with Crippen LogP contribution in [0.15, 0.2) is 23.8 Å². The van der Waals surface area contributed by atoms with Crippen molar-refractivity contribution in [1.82, 2.24) is 4.48 Å². The third kappa shape index (κ3) is 4.22. The minimum absolute atomic E-state index is 0.0905. The quantitative estimate of drug-likeness (QED) is 0.348. The highest BCUT2D eigenvalue weighted by Crippen LogP contribution is 2.65. The minimum atomic E-state index is -4.92. The minimum Gasteiger partial charge on any atom is -0.726 e. The Kier molecular flexibility index (Phi) is 5.73. The summed E-state index contributed by atoms with van der Waals surface area (Å²) in [6.45, 7) is 8.87. The third-order valence-corrected chi connectivity index (χ3v) is 6.63. The summed E-state index contributed by atoms with van der Waals surface area (Å²) in [5.74, 6) is 0.797. The lowest BCUT2D eigenvalue weighted by Gasteiger charge is -2.31. The van der Waals surface area contributed by atoms with E-state index in [0.29, 0.717) is 11.7 Å². The van der Waals surface area contributed by atoms with Crippen LogP contribution in [0.3, 0.4) is 0 Å². The van der Waals surface area contributed by atoms with Crippen molar-refractivity contribution >= 4 is 27.9 Å². The largest absolute Gasteiger partial charge is 0.726 e. The molecule has 2 unspecified atom stereocenters. The van der Waals surface area contributed by atoms with Crippen LogP contribution in [0, 0.1) is 23.7 Å². The van der Waals surface area contributed by atoms with E-state index < -0.39 is 10.4 Å². The molecule has 0 saturated heterocycles. The lowest BCUT2D eigenvalue weighted by Crippen LogP contribution is -2.35. The lowest BCUT2D eigenvalue weighted by molar-refractivity contribution is -0.125. The first kappa shape index (κ1) is 22.7. The maximum atomic E-state index is 12.9. The summed E-state index contributed by atoms with van der Waals surface area (Å²) in [6.07, 6.45) is 4.35. The van der Waals surface area contributed by atoms with Crippen LogP contribution >= 0.6 is 0 Å². The Labute approximate surface area is 168 Å². The van der Waals surface area contributed by atoms with E-state index in [1.165, 1.54) is 11.3 Å². The summed E-state index contributed by atoms with van der Waals surface area (Å²) in [4.78, 5) is 12.9.